The summed E-state index contributed by atoms with van der Waals surface area (Å²) in [5, 5.41) is 7.82. The van der Waals surface area contributed by atoms with Crippen molar-refractivity contribution >= 4 is 11.4 Å². The van der Waals surface area contributed by atoms with E-state index in [9.17, 15) is 0 Å². The molecule has 0 bridgehead atoms. The summed E-state index contributed by atoms with van der Waals surface area (Å²) < 4.78 is 1.92. The van der Waals surface area contributed by atoms with Gasteiger partial charge in [-0.2, -0.15) is 5.10 Å². The Morgan fingerprint density at radius 3 is 2.57 bits per heavy atom. The zero-order chi connectivity index (χ0) is 14.8. The van der Waals surface area contributed by atoms with Crippen LogP contribution in [0.5, 0.6) is 0 Å². The molecule has 1 aliphatic heterocycles. The van der Waals surface area contributed by atoms with Gasteiger partial charge in [0.1, 0.15) is 0 Å². The van der Waals surface area contributed by atoms with Crippen LogP contribution in [-0.4, -0.2) is 22.9 Å². The Bertz CT molecular complexity index is 624. The summed E-state index contributed by atoms with van der Waals surface area (Å²) in [5.41, 5.74) is 6.34. The number of hydrogen-bond acceptors (Lipinski definition) is 3. The van der Waals surface area contributed by atoms with Gasteiger partial charge in [-0.25, -0.2) is 0 Å². The predicted octanol–water partition coefficient (Wildman–Crippen LogP) is 3.25. The van der Waals surface area contributed by atoms with E-state index >= 15 is 0 Å². The van der Waals surface area contributed by atoms with Gasteiger partial charge in [-0.1, -0.05) is 0 Å². The van der Waals surface area contributed by atoms with Gasteiger partial charge in [0.2, 0.25) is 0 Å². The normalized spacial score (nSPS) is 14.7. The molecule has 1 aromatic heterocycles. The maximum absolute atomic E-state index is 4.29. The molecular weight excluding hydrogens is 260 g/mol. The maximum Gasteiger partial charge on any atom is 0.0542 e. The molecule has 21 heavy (non-hydrogen) atoms. The van der Waals surface area contributed by atoms with Crippen molar-refractivity contribution in [1.29, 1.82) is 0 Å². The van der Waals surface area contributed by atoms with Gasteiger partial charge in [-0.05, 0) is 50.5 Å². The second kappa shape index (κ2) is 5.80. The molecule has 4 nitrogen and oxygen atoms in total. The molecule has 0 saturated carbocycles. The van der Waals surface area contributed by atoms with Crippen molar-refractivity contribution in [2.45, 2.75) is 33.2 Å². The number of rotatable bonds is 4. The van der Waals surface area contributed by atoms with E-state index in [-0.39, 0.29) is 0 Å². The van der Waals surface area contributed by atoms with Gasteiger partial charge in [0.05, 0.1) is 6.20 Å². The van der Waals surface area contributed by atoms with Crippen LogP contribution in [0, 0.1) is 13.8 Å². The van der Waals surface area contributed by atoms with Crippen molar-refractivity contribution in [3.8, 4) is 0 Å². The minimum Gasteiger partial charge on any atom is -0.381 e. The van der Waals surface area contributed by atoms with Crippen LogP contribution in [0.25, 0.3) is 0 Å². The second-order valence-electron chi connectivity index (χ2n) is 5.93. The van der Waals surface area contributed by atoms with Crippen LogP contribution in [0.3, 0.4) is 0 Å². The van der Waals surface area contributed by atoms with E-state index in [1.54, 1.807) is 0 Å². The van der Waals surface area contributed by atoms with Crippen LogP contribution in [0.4, 0.5) is 11.4 Å². The van der Waals surface area contributed by atoms with Gasteiger partial charge in [0, 0.05) is 49.3 Å². The van der Waals surface area contributed by atoms with Gasteiger partial charge < -0.3 is 10.2 Å². The van der Waals surface area contributed by atoms with Gasteiger partial charge in [-0.3, -0.25) is 4.68 Å². The van der Waals surface area contributed by atoms with E-state index in [1.807, 2.05) is 17.9 Å². The van der Waals surface area contributed by atoms with Crippen LogP contribution in [0.1, 0.15) is 29.7 Å². The third kappa shape index (κ3) is 2.89. The lowest BCUT2D eigenvalue weighted by Crippen LogP contribution is -2.17. The van der Waals surface area contributed by atoms with Gasteiger partial charge in [0.25, 0.3) is 0 Å². The summed E-state index contributed by atoms with van der Waals surface area (Å²) in [6.07, 6.45) is 4.58. The Balaban J connectivity index is 1.69. The highest BCUT2D eigenvalue weighted by Gasteiger charge is 2.13. The number of hydrogen-bond donors (Lipinski definition) is 1. The first-order chi connectivity index (χ1) is 10.1. The molecule has 2 aromatic rings. The summed E-state index contributed by atoms with van der Waals surface area (Å²) in [7, 11) is 1.98. The first kappa shape index (κ1) is 14.0. The Morgan fingerprint density at radius 2 is 1.95 bits per heavy atom. The van der Waals surface area contributed by atoms with Crippen LogP contribution >= 0.6 is 0 Å². The van der Waals surface area contributed by atoms with E-state index < -0.39 is 0 Å². The van der Waals surface area contributed by atoms with Gasteiger partial charge >= 0.3 is 0 Å². The van der Waals surface area contributed by atoms with E-state index in [1.165, 1.54) is 54.1 Å². The first-order valence-corrected chi connectivity index (χ1v) is 7.72. The fourth-order valence-corrected chi connectivity index (χ4v) is 2.93. The molecule has 1 fully saturated rings. The lowest BCUT2D eigenvalue weighted by Gasteiger charge is -2.19. The van der Waals surface area contributed by atoms with Crippen LogP contribution in [-0.2, 0) is 13.6 Å². The van der Waals surface area contributed by atoms with Crippen LogP contribution in [0.15, 0.2) is 24.4 Å². The molecule has 112 valence electrons. The third-order valence-corrected chi connectivity index (χ3v) is 4.49. The minimum atomic E-state index is 0.823. The number of nitrogens with one attached hydrogen (secondary N) is 1. The van der Waals surface area contributed by atoms with Gasteiger partial charge in [-0.15, -0.1) is 0 Å². The lowest BCUT2D eigenvalue weighted by molar-refractivity contribution is 0.738. The number of anilines is 2. The molecule has 3 rings (SSSR count). The highest BCUT2D eigenvalue weighted by Crippen LogP contribution is 2.26. The molecule has 1 saturated heterocycles. The van der Waals surface area contributed by atoms with Crippen LogP contribution < -0.4 is 10.2 Å². The van der Waals surface area contributed by atoms with E-state index in [0.29, 0.717) is 0 Å². The predicted molar refractivity (Wildman–Crippen MR) is 87.9 cm³/mol. The molecular formula is C17H24N4. The van der Waals surface area contributed by atoms with Crippen molar-refractivity contribution < 1.29 is 0 Å². The zero-order valence-corrected chi connectivity index (χ0v) is 13.2. The number of aryl methyl sites for hydroxylation is 2. The SMILES string of the molecule is Cc1cc(N2CCCC2)ccc1NCc1cnn(C)c1C. The molecule has 0 spiro atoms. The van der Waals surface area contributed by atoms with Crippen molar-refractivity contribution in [2.75, 3.05) is 23.3 Å². The minimum absolute atomic E-state index is 0.823. The van der Waals surface area contributed by atoms with E-state index in [0.717, 1.165) is 6.54 Å². The number of nitrogens with zero attached hydrogens (tertiary/aromatic N) is 3. The van der Waals surface area contributed by atoms with Gasteiger partial charge in [0.15, 0.2) is 0 Å². The summed E-state index contributed by atoms with van der Waals surface area (Å²) in [4.78, 5) is 2.47. The smallest absolute Gasteiger partial charge is 0.0542 e. The Labute approximate surface area is 126 Å². The molecule has 0 amide bonds. The fourth-order valence-electron chi connectivity index (χ4n) is 2.93. The Hall–Kier alpha value is -1.97. The Kier molecular flexibility index (Phi) is 3.86. The molecule has 1 aromatic carbocycles. The quantitative estimate of drug-likeness (QED) is 0.935. The summed E-state index contributed by atoms with van der Waals surface area (Å²) in [5.74, 6) is 0. The monoisotopic (exact) mass is 284 g/mol. The first-order valence-electron chi connectivity index (χ1n) is 7.72. The Morgan fingerprint density at radius 1 is 1.19 bits per heavy atom. The van der Waals surface area contributed by atoms with Crippen LogP contribution in [0.2, 0.25) is 0 Å². The number of benzene rings is 1. The summed E-state index contributed by atoms with van der Waals surface area (Å²) >= 11 is 0. The molecule has 1 N–H and O–H groups in total. The average Bonchev–Trinajstić information content (AvgIpc) is 3.11. The molecule has 0 unspecified atom stereocenters. The molecule has 4 heteroatoms. The summed E-state index contributed by atoms with van der Waals surface area (Å²) in [6.45, 7) is 7.50. The van der Waals surface area contributed by atoms with E-state index in [2.05, 4.69) is 47.4 Å². The van der Waals surface area contributed by atoms with E-state index in [4.69, 9.17) is 0 Å². The summed E-state index contributed by atoms with van der Waals surface area (Å²) in [6, 6.07) is 6.73. The lowest BCUT2D eigenvalue weighted by atomic mass is 10.1. The average molecular weight is 284 g/mol. The van der Waals surface area contributed by atoms with Crippen molar-refractivity contribution in [3.63, 3.8) is 0 Å². The van der Waals surface area contributed by atoms with Crippen molar-refractivity contribution in [3.05, 3.63) is 41.2 Å². The fraction of sp³-hybridized carbons (Fsp3) is 0.471. The van der Waals surface area contributed by atoms with Crippen molar-refractivity contribution in [2.24, 2.45) is 7.05 Å². The largest absolute Gasteiger partial charge is 0.381 e. The molecule has 2 heterocycles. The standard InChI is InChI=1S/C17H24N4/c1-13-10-16(21-8-4-5-9-21)6-7-17(13)18-11-15-12-19-20(3)14(15)2/h6-7,10,12,18H,4-5,8-9,11H2,1-3H3. The topological polar surface area (TPSA) is 33.1 Å². The zero-order valence-electron chi connectivity index (χ0n) is 13.2. The van der Waals surface area contributed by atoms with Crippen molar-refractivity contribution in [1.82, 2.24) is 9.78 Å². The highest BCUT2D eigenvalue weighted by molar-refractivity contribution is 5.60. The maximum atomic E-state index is 4.29. The number of aromatic nitrogens is 2. The molecule has 0 radical (unpaired) electrons. The molecule has 0 atom stereocenters. The molecule has 1 aliphatic rings. The molecule has 0 aliphatic carbocycles. The third-order valence-electron chi connectivity index (χ3n) is 4.49. The highest BCUT2D eigenvalue weighted by atomic mass is 15.3. The second-order valence-corrected chi connectivity index (χ2v) is 5.93.